The SMILES string of the molecule is Cc1ccc(F)c2cc(C(=O)Nc3cccc(N4CCOCC4)c3)[nH]c12. The lowest BCUT2D eigenvalue weighted by Gasteiger charge is -2.29. The summed E-state index contributed by atoms with van der Waals surface area (Å²) in [5, 5.41) is 3.32. The number of ether oxygens (including phenoxy) is 1. The van der Waals surface area contributed by atoms with Gasteiger partial charge in [-0.1, -0.05) is 12.1 Å². The van der Waals surface area contributed by atoms with E-state index in [1.165, 1.54) is 6.07 Å². The number of aromatic nitrogens is 1. The van der Waals surface area contributed by atoms with E-state index >= 15 is 0 Å². The van der Waals surface area contributed by atoms with Gasteiger partial charge >= 0.3 is 0 Å². The number of nitrogens with one attached hydrogen (secondary N) is 2. The van der Waals surface area contributed by atoms with Gasteiger partial charge in [0, 0.05) is 29.9 Å². The Labute approximate surface area is 150 Å². The highest BCUT2D eigenvalue weighted by atomic mass is 19.1. The molecule has 1 saturated heterocycles. The summed E-state index contributed by atoms with van der Waals surface area (Å²) < 4.78 is 19.3. The van der Waals surface area contributed by atoms with Gasteiger partial charge in [0.25, 0.3) is 5.91 Å². The van der Waals surface area contributed by atoms with Crippen molar-refractivity contribution in [3.05, 3.63) is 59.5 Å². The van der Waals surface area contributed by atoms with Crippen molar-refractivity contribution in [2.75, 3.05) is 36.5 Å². The second kappa shape index (κ2) is 6.80. The van der Waals surface area contributed by atoms with Crippen LogP contribution in [0.1, 0.15) is 16.1 Å². The Balaban J connectivity index is 1.56. The van der Waals surface area contributed by atoms with Gasteiger partial charge in [0.2, 0.25) is 0 Å². The smallest absolute Gasteiger partial charge is 0.272 e. The molecule has 3 aromatic rings. The molecular formula is C20H20FN3O2. The summed E-state index contributed by atoms with van der Waals surface area (Å²) in [5.41, 5.74) is 3.64. The highest BCUT2D eigenvalue weighted by Crippen LogP contribution is 2.24. The third kappa shape index (κ3) is 3.15. The van der Waals surface area contributed by atoms with E-state index in [2.05, 4.69) is 15.2 Å². The molecule has 0 bridgehead atoms. The van der Waals surface area contributed by atoms with Crippen LogP contribution < -0.4 is 10.2 Å². The van der Waals surface area contributed by atoms with Crippen LogP contribution in [0.15, 0.2) is 42.5 Å². The first-order valence-electron chi connectivity index (χ1n) is 8.64. The van der Waals surface area contributed by atoms with Crippen molar-refractivity contribution in [3.8, 4) is 0 Å². The molecule has 2 heterocycles. The quantitative estimate of drug-likeness (QED) is 0.755. The number of carbonyl (C=O) groups excluding carboxylic acids is 1. The van der Waals surface area contributed by atoms with Gasteiger partial charge in [-0.2, -0.15) is 0 Å². The number of carbonyl (C=O) groups is 1. The van der Waals surface area contributed by atoms with Crippen LogP contribution in [-0.2, 0) is 4.74 Å². The minimum Gasteiger partial charge on any atom is -0.378 e. The van der Waals surface area contributed by atoms with Gasteiger partial charge in [-0.25, -0.2) is 4.39 Å². The summed E-state index contributed by atoms with van der Waals surface area (Å²) in [6.45, 7) is 4.95. The number of nitrogens with zero attached hydrogens (tertiary/aromatic N) is 1. The Kier molecular flexibility index (Phi) is 4.34. The summed E-state index contributed by atoms with van der Waals surface area (Å²) in [4.78, 5) is 17.8. The molecule has 0 atom stereocenters. The molecule has 0 aliphatic carbocycles. The predicted molar refractivity (Wildman–Crippen MR) is 100 cm³/mol. The van der Waals surface area contributed by atoms with Crippen molar-refractivity contribution >= 4 is 28.2 Å². The monoisotopic (exact) mass is 353 g/mol. The topological polar surface area (TPSA) is 57.4 Å². The molecule has 0 radical (unpaired) electrons. The van der Waals surface area contributed by atoms with E-state index in [9.17, 15) is 9.18 Å². The molecule has 1 aliphatic heterocycles. The van der Waals surface area contributed by atoms with Crippen LogP contribution in [0.3, 0.4) is 0 Å². The van der Waals surface area contributed by atoms with Gasteiger partial charge in [0.05, 0.1) is 18.7 Å². The molecule has 6 heteroatoms. The maximum absolute atomic E-state index is 14.0. The molecule has 1 aliphatic rings. The maximum Gasteiger partial charge on any atom is 0.272 e. The maximum atomic E-state index is 14.0. The van der Waals surface area contributed by atoms with Crippen molar-refractivity contribution < 1.29 is 13.9 Å². The second-order valence-corrected chi connectivity index (χ2v) is 6.44. The van der Waals surface area contributed by atoms with Gasteiger partial charge in [-0.05, 0) is 42.8 Å². The third-order valence-electron chi connectivity index (χ3n) is 4.67. The van der Waals surface area contributed by atoms with Crippen LogP contribution in [0, 0.1) is 12.7 Å². The molecule has 5 nitrogen and oxygen atoms in total. The van der Waals surface area contributed by atoms with E-state index in [1.807, 2.05) is 31.2 Å². The fraction of sp³-hybridized carbons (Fsp3) is 0.250. The number of hydrogen-bond acceptors (Lipinski definition) is 3. The molecule has 1 amide bonds. The summed E-state index contributed by atoms with van der Waals surface area (Å²) >= 11 is 0. The van der Waals surface area contributed by atoms with Gasteiger partial charge in [-0.15, -0.1) is 0 Å². The zero-order chi connectivity index (χ0) is 18.1. The van der Waals surface area contributed by atoms with Crippen LogP contribution in [0.4, 0.5) is 15.8 Å². The Morgan fingerprint density at radius 1 is 1.19 bits per heavy atom. The minimum atomic E-state index is -0.338. The summed E-state index contributed by atoms with van der Waals surface area (Å²) in [6.07, 6.45) is 0. The number of H-pyrrole nitrogens is 1. The number of rotatable bonds is 3. The highest BCUT2D eigenvalue weighted by molar-refractivity contribution is 6.06. The lowest BCUT2D eigenvalue weighted by molar-refractivity contribution is 0.102. The number of amides is 1. The predicted octanol–water partition coefficient (Wildman–Crippen LogP) is 3.70. The lowest BCUT2D eigenvalue weighted by Crippen LogP contribution is -2.36. The average molecular weight is 353 g/mol. The highest BCUT2D eigenvalue weighted by Gasteiger charge is 2.15. The molecule has 1 aromatic heterocycles. The van der Waals surface area contributed by atoms with Crippen LogP contribution in [0.2, 0.25) is 0 Å². The molecule has 26 heavy (non-hydrogen) atoms. The number of hydrogen-bond donors (Lipinski definition) is 2. The minimum absolute atomic E-state index is 0.292. The van der Waals surface area contributed by atoms with Crippen molar-refractivity contribution in [3.63, 3.8) is 0 Å². The van der Waals surface area contributed by atoms with E-state index in [4.69, 9.17) is 4.74 Å². The molecule has 0 saturated carbocycles. The van der Waals surface area contributed by atoms with E-state index < -0.39 is 0 Å². The third-order valence-corrected chi connectivity index (χ3v) is 4.67. The number of halogens is 1. The van der Waals surface area contributed by atoms with Crippen molar-refractivity contribution in [1.29, 1.82) is 0 Å². The van der Waals surface area contributed by atoms with Crippen molar-refractivity contribution in [2.45, 2.75) is 6.92 Å². The van der Waals surface area contributed by atoms with Crippen LogP contribution in [0.5, 0.6) is 0 Å². The Morgan fingerprint density at radius 2 is 2.00 bits per heavy atom. The van der Waals surface area contributed by atoms with Crippen LogP contribution >= 0.6 is 0 Å². The molecular weight excluding hydrogens is 333 g/mol. The zero-order valence-corrected chi connectivity index (χ0v) is 14.5. The number of aryl methyl sites for hydroxylation is 1. The fourth-order valence-corrected chi connectivity index (χ4v) is 3.25. The molecule has 2 aromatic carbocycles. The number of fused-ring (bicyclic) bond motifs is 1. The number of morpholine rings is 1. The Bertz CT molecular complexity index is 922. The molecule has 2 N–H and O–H groups in total. The summed E-state index contributed by atoms with van der Waals surface area (Å²) in [6, 6.07) is 12.4. The first-order valence-corrected chi connectivity index (χ1v) is 8.64. The number of benzene rings is 2. The fourth-order valence-electron chi connectivity index (χ4n) is 3.25. The van der Waals surface area contributed by atoms with Crippen LogP contribution in [0.25, 0.3) is 10.9 Å². The van der Waals surface area contributed by atoms with E-state index in [-0.39, 0.29) is 11.7 Å². The molecule has 134 valence electrons. The van der Waals surface area contributed by atoms with Gasteiger partial charge < -0.3 is 19.9 Å². The van der Waals surface area contributed by atoms with Gasteiger partial charge in [0.15, 0.2) is 0 Å². The standard InChI is InChI=1S/C20H20FN3O2/c1-13-5-6-17(21)16-12-18(23-19(13)16)20(25)22-14-3-2-4-15(11-14)24-7-9-26-10-8-24/h2-6,11-12,23H,7-10H2,1H3,(H,22,25). The van der Waals surface area contributed by atoms with E-state index in [0.717, 1.165) is 24.3 Å². The van der Waals surface area contributed by atoms with Crippen molar-refractivity contribution in [1.82, 2.24) is 4.98 Å². The van der Waals surface area contributed by atoms with E-state index in [1.54, 1.807) is 12.1 Å². The summed E-state index contributed by atoms with van der Waals surface area (Å²) in [7, 11) is 0. The number of aromatic amines is 1. The normalized spacial score (nSPS) is 14.6. The Hall–Kier alpha value is -2.86. The van der Waals surface area contributed by atoms with Crippen LogP contribution in [-0.4, -0.2) is 37.2 Å². The molecule has 0 unspecified atom stereocenters. The lowest BCUT2D eigenvalue weighted by atomic mass is 10.1. The average Bonchev–Trinajstić information content (AvgIpc) is 3.13. The van der Waals surface area contributed by atoms with Crippen molar-refractivity contribution in [2.24, 2.45) is 0 Å². The largest absolute Gasteiger partial charge is 0.378 e. The summed E-state index contributed by atoms with van der Waals surface area (Å²) in [5.74, 6) is -0.630. The van der Waals surface area contributed by atoms with Gasteiger partial charge in [0.1, 0.15) is 11.5 Å². The van der Waals surface area contributed by atoms with Gasteiger partial charge in [-0.3, -0.25) is 4.79 Å². The molecule has 4 rings (SSSR count). The molecule has 0 spiro atoms. The first kappa shape index (κ1) is 16.6. The molecule has 1 fully saturated rings. The number of anilines is 2. The second-order valence-electron chi connectivity index (χ2n) is 6.44. The van der Waals surface area contributed by atoms with E-state index in [0.29, 0.717) is 35.5 Å². The first-order chi connectivity index (χ1) is 12.6. The Morgan fingerprint density at radius 3 is 2.77 bits per heavy atom. The zero-order valence-electron chi connectivity index (χ0n) is 14.5.